The third kappa shape index (κ3) is 2.51. The number of hydrogen-bond donors (Lipinski definition) is 1. The summed E-state index contributed by atoms with van der Waals surface area (Å²) >= 11 is 1.78. The molecule has 0 saturated carbocycles. The average molecular weight is 246 g/mol. The van der Waals surface area contributed by atoms with Crippen molar-refractivity contribution in [2.75, 3.05) is 18.5 Å². The predicted molar refractivity (Wildman–Crippen MR) is 75.7 cm³/mol. The van der Waals surface area contributed by atoms with E-state index < -0.39 is 0 Å². The smallest absolute Gasteiger partial charge is 0.0756 e. The van der Waals surface area contributed by atoms with Crippen molar-refractivity contribution in [2.45, 2.75) is 13.0 Å². The van der Waals surface area contributed by atoms with Crippen molar-refractivity contribution in [1.82, 2.24) is 0 Å². The van der Waals surface area contributed by atoms with Gasteiger partial charge in [0.25, 0.3) is 0 Å². The summed E-state index contributed by atoms with van der Waals surface area (Å²) in [4.78, 5) is 3.61. The summed E-state index contributed by atoms with van der Waals surface area (Å²) < 4.78 is 0. The molecule has 90 valence electrons. The Hall–Kier alpha value is -1.32. The van der Waals surface area contributed by atoms with Gasteiger partial charge in [-0.25, -0.2) is 0 Å². The van der Waals surface area contributed by atoms with Crippen molar-refractivity contribution in [1.29, 1.82) is 0 Å². The van der Waals surface area contributed by atoms with Gasteiger partial charge in [-0.2, -0.15) is 0 Å². The van der Waals surface area contributed by atoms with Crippen LogP contribution in [0.15, 0.2) is 41.8 Å². The molecule has 0 spiro atoms. The Morgan fingerprint density at radius 1 is 1.24 bits per heavy atom. The van der Waals surface area contributed by atoms with Gasteiger partial charge in [-0.05, 0) is 36.1 Å². The highest BCUT2D eigenvalue weighted by atomic mass is 32.1. The standard InChI is InChI=1S/C14H18N2S/c1-11-8-9-17-14(11)13(10-15)16(2)12-6-4-3-5-7-12/h3-9,13H,10,15H2,1-2H3. The number of likely N-dealkylation sites (N-methyl/N-ethyl adjacent to an activating group) is 1. The summed E-state index contributed by atoms with van der Waals surface area (Å²) in [5.74, 6) is 0. The second kappa shape index (κ2) is 5.34. The quantitative estimate of drug-likeness (QED) is 0.897. The topological polar surface area (TPSA) is 29.3 Å². The third-order valence-electron chi connectivity index (χ3n) is 3.06. The molecule has 1 aromatic heterocycles. The number of nitrogens with zero attached hydrogens (tertiary/aromatic N) is 1. The van der Waals surface area contributed by atoms with Crippen LogP contribution in [-0.4, -0.2) is 13.6 Å². The molecule has 1 heterocycles. The molecule has 0 saturated heterocycles. The SMILES string of the molecule is Cc1ccsc1C(CN)N(C)c1ccccc1. The van der Waals surface area contributed by atoms with E-state index in [2.05, 4.69) is 54.6 Å². The fourth-order valence-electron chi connectivity index (χ4n) is 2.01. The molecule has 2 nitrogen and oxygen atoms in total. The van der Waals surface area contributed by atoms with E-state index >= 15 is 0 Å². The van der Waals surface area contributed by atoms with E-state index in [1.54, 1.807) is 11.3 Å². The minimum Gasteiger partial charge on any atom is -0.365 e. The summed E-state index contributed by atoms with van der Waals surface area (Å²) in [5.41, 5.74) is 8.47. The van der Waals surface area contributed by atoms with Gasteiger partial charge in [-0.1, -0.05) is 18.2 Å². The molecule has 2 aromatic rings. The molecule has 0 fully saturated rings. The number of para-hydroxylation sites is 1. The highest BCUT2D eigenvalue weighted by Gasteiger charge is 2.18. The molecule has 0 amide bonds. The van der Waals surface area contributed by atoms with E-state index in [-0.39, 0.29) is 6.04 Å². The molecule has 1 atom stereocenters. The lowest BCUT2D eigenvalue weighted by molar-refractivity contribution is 0.689. The Morgan fingerprint density at radius 3 is 2.47 bits per heavy atom. The molecular formula is C14H18N2S. The van der Waals surface area contributed by atoms with Crippen molar-refractivity contribution in [3.8, 4) is 0 Å². The Morgan fingerprint density at radius 2 is 1.94 bits per heavy atom. The number of hydrogen-bond acceptors (Lipinski definition) is 3. The molecule has 0 aliphatic rings. The van der Waals surface area contributed by atoms with Gasteiger partial charge in [0.15, 0.2) is 0 Å². The lowest BCUT2D eigenvalue weighted by atomic mass is 10.1. The van der Waals surface area contributed by atoms with E-state index in [0.717, 1.165) is 0 Å². The molecule has 3 heteroatoms. The number of thiophene rings is 1. The van der Waals surface area contributed by atoms with Crippen LogP contribution in [0.5, 0.6) is 0 Å². The number of benzene rings is 1. The van der Waals surface area contributed by atoms with Crippen LogP contribution < -0.4 is 10.6 Å². The summed E-state index contributed by atoms with van der Waals surface area (Å²) in [7, 11) is 2.10. The summed E-state index contributed by atoms with van der Waals surface area (Å²) in [6.07, 6.45) is 0. The second-order valence-electron chi connectivity index (χ2n) is 4.17. The zero-order valence-corrected chi connectivity index (χ0v) is 11.1. The first-order chi connectivity index (χ1) is 8.24. The first-order valence-corrected chi connectivity index (χ1v) is 6.64. The molecule has 0 aliphatic carbocycles. The molecule has 0 bridgehead atoms. The molecule has 17 heavy (non-hydrogen) atoms. The number of anilines is 1. The summed E-state index contributed by atoms with van der Waals surface area (Å²) in [6.45, 7) is 2.78. The van der Waals surface area contributed by atoms with Crippen molar-refractivity contribution < 1.29 is 0 Å². The fourth-order valence-corrected chi connectivity index (χ4v) is 3.09. The highest BCUT2D eigenvalue weighted by Crippen LogP contribution is 2.30. The molecule has 1 aromatic carbocycles. The maximum atomic E-state index is 5.94. The third-order valence-corrected chi connectivity index (χ3v) is 4.18. The Kier molecular flexibility index (Phi) is 3.82. The molecule has 2 rings (SSSR count). The van der Waals surface area contributed by atoms with E-state index in [1.807, 2.05) is 6.07 Å². The monoisotopic (exact) mass is 246 g/mol. The Labute approximate surface area is 107 Å². The van der Waals surface area contributed by atoms with Gasteiger partial charge in [0, 0.05) is 24.2 Å². The van der Waals surface area contributed by atoms with Crippen LogP contribution in [0.2, 0.25) is 0 Å². The zero-order valence-electron chi connectivity index (χ0n) is 10.3. The van der Waals surface area contributed by atoms with Crippen LogP contribution in [0.25, 0.3) is 0 Å². The van der Waals surface area contributed by atoms with Crippen LogP contribution in [-0.2, 0) is 0 Å². The Bertz CT molecular complexity index is 464. The van der Waals surface area contributed by atoms with Crippen LogP contribution in [0.3, 0.4) is 0 Å². The maximum absolute atomic E-state index is 5.94. The van der Waals surface area contributed by atoms with Gasteiger partial charge in [0.2, 0.25) is 0 Å². The van der Waals surface area contributed by atoms with Gasteiger partial charge >= 0.3 is 0 Å². The summed E-state index contributed by atoms with van der Waals surface area (Å²) in [6, 6.07) is 12.8. The van der Waals surface area contributed by atoms with Crippen LogP contribution in [0, 0.1) is 6.92 Å². The molecular weight excluding hydrogens is 228 g/mol. The van der Waals surface area contributed by atoms with Crippen LogP contribution in [0.4, 0.5) is 5.69 Å². The lowest BCUT2D eigenvalue weighted by Crippen LogP contribution is -2.30. The first kappa shape index (κ1) is 12.1. The van der Waals surface area contributed by atoms with Crippen molar-refractivity contribution in [3.05, 3.63) is 52.2 Å². The summed E-state index contributed by atoms with van der Waals surface area (Å²) in [5, 5.41) is 2.13. The molecule has 1 unspecified atom stereocenters. The van der Waals surface area contributed by atoms with E-state index in [9.17, 15) is 0 Å². The normalized spacial score (nSPS) is 12.4. The number of nitrogens with two attached hydrogens (primary N) is 1. The van der Waals surface area contributed by atoms with Crippen molar-refractivity contribution >= 4 is 17.0 Å². The van der Waals surface area contributed by atoms with Crippen molar-refractivity contribution in [3.63, 3.8) is 0 Å². The molecule has 2 N–H and O–H groups in total. The Balaban J connectivity index is 2.28. The lowest BCUT2D eigenvalue weighted by Gasteiger charge is -2.29. The van der Waals surface area contributed by atoms with Gasteiger partial charge < -0.3 is 10.6 Å². The first-order valence-electron chi connectivity index (χ1n) is 5.76. The highest BCUT2D eigenvalue weighted by molar-refractivity contribution is 7.10. The van der Waals surface area contributed by atoms with Gasteiger partial charge in [-0.15, -0.1) is 11.3 Å². The van der Waals surface area contributed by atoms with E-state index in [4.69, 9.17) is 5.73 Å². The van der Waals surface area contributed by atoms with Gasteiger partial charge in [-0.3, -0.25) is 0 Å². The van der Waals surface area contributed by atoms with Gasteiger partial charge in [0.05, 0.1) is 6.04 Å². The molecule has 0 aliphatic heterocycles. The largest absolute Gasteiger partial charge is 0.365 e. The fraction of sp³-hybridized carbons (Fsp3) is 0.286. The van der Waals surface area contributed by atoms with Gasteiger partial charge in [0.1, 0.15) is 0 Å². The molecule has 0 radical (unpaired) electrons. The van der Waals surface area contributed by atoms with Crippen LogP contribution >= 0.6 is 11.3 Å². The predicted octanol–water partition coefficient (Wildman–Crippen LogP) is 3.19. The van der Waals surface area contributed by atoms with Crippen LogP contribution in [0.1, 0.15) is 16.5 Å². The van der Waals surface area contributed by atoms with E-state index in [1.165, 1.54) is 16.1 Å². The minimum absolute atomic E-state index is 0.261. The number of aryl methyl sites for hydroxylation is 1. The second-order valence-corrected chi connectivity index (χ2v) is 5.11. The number of rotatable bonds is 4. The minimum atomic E-state index is 0.261. The van der Waals surface area contributed by atoms with Crippen molar-refractivity contribution in [2.24, 2.45) is 5.73 Å². The van der Waals surface area contributed by atoms with E-state index in [0.29, 0.717) is 6.54 Å². The maximum Gasteiger partial charge on any atom is 0.0756 e. The zero-order chi connectivity index (χ0) is 12.3. The average Bonchev–Trinajstić information content (AvgIpc) is 2.78.